The zero-order valence-corrected chi connectivity index (χ0v) is 21.4. The molecule has 0 unspecified atom stereocenters. The first-order valence-corrected chi connectivity index (χ1v) is 12.3. The summed E-state index contributed by atoms with van der Waals surface area (Å²) < 4.78 is 24.1. The van der Waals surface area contributed by atoms with Crippen LogP contribution < -0.4 is 19.1 Å². The van der Waals surface area contributed by atoms with Crippen molar-refractivity contribution in [2.45, 2.75) is 13.3 Å². The Labute approximate surface area is 216 Å². The Hall–Kier alpha value is -4.11. The summed E-state index contributed by atoms with van der Waals surface area (Å²) in [5.41, 5.74) is 4.20. The van der Waals surface area contributed by atoms with Crippen molar-refractivity contribution in [2.75, 3.05) is 52.0 Å². The van der Waals surface area contributed by atoms with Gasteiger partial charge < -0.3 is 23.8 Å². The summed E-state index contributed by atoms with van der Waals surface area (Å²) in [5.74, 6) is 2.83. The molecule has 2 aromatic carbocycles. The summed E-state index contributed by atoms with van der Waals surface area (Å²) in [5, 5.41) is 4.78. The molecule has 3 heterocycles. The van der Waals surface area contributed by atoms with Gasteiger partial charge in [-0.2, -0.15) is 15.1 Å². The fourth-order valence-corrected chi connectivity index (χ4v) is 4.24. The molecular weight excluding hydrogens is 470 g/mol. The van der Waals surface area contributed by atoms with E-state index >= 15 is 0 Å². The molecule has 4 aromatic rings. The molecule has 1 fully saturated rings. The molecule has 9 nitrogen and oxygen atoms in total. The average molecular weight is 502 g/mol. The van der Waals surface area contributed by atoms with Gasteiger partial charge in [0.1, 0.15) is 5.82 Å². The molecule has 0 bridgehead atoms. The number of rotatable bonds is 9. The molecular formula is C28H31N5O4. The van der Waals surface area contributed by atoms with Crippen LogP contribution in [0.2, 0.25) is 0 Å². The van der Waals surface area contributed by atoms with Crippen LogP contribution >= 0.6 is 0 Å². The molecule has 0 radical (unpaired) electrons. The molecule has 1 saturated heterocycles. The summed E-state index contributed by atoms with van der Waals surface area (Å²) in [6, 6.07) is 18.4. The number of hydrogen-bond donors (Lipinski definition) is 0. The third-order valence-corrected chi connectivity index (χ3v) is 6.22. The van der Waals surface area contributed by atoms with Crippen LogP contribution in [0.5, 0.6) is 17.5 Å². The minimum atomic E-state index is 0.312. The van der Waals surface area contributed by atoms with E-state index in [4.69, 9.17) is 29.0 Å². The van der Waals surface area contributed by atoms with Gasteiger partial charge in [-0.1, -0.05) is 29.8 Å². The molecule has 0 spiro atoms. The molecule has 0 atom stereocenters. The molecule has 37 heavy (non-hydrogen) atoms. The SMILES string of the molecule is COc1ccc(CCOc2nc(N3CCOCC3)cc(-n3ccc(-c4cccc(C)c4)n3)n2)cc1OC. The first kappa shape index (κ1) is 24.6. The van der Waals surface area contributed by atoms with E-state index in [-0.39, 0.29) is 0 Å². The zero-order chi connectivity index (χ0) is 25.6. The Morgan fingerprint density at radius 1 is 0.892 bits per heavy atom. The number of aromatic nitrogens is 4. The third kappa shape index (κ3) is 5.83. The van der Waals surface area contributed by atoms with Gasteiger partial charge in [-0.25, -0.2) is 4.68 Å². The Kier molecular flexibility index (Phi) is 7.51. The van der Waals surface area contributed by atoms with Crippen LogP contribution in [0.15, 0.2) is 60.8 Å². The maximum atomic E-state index is 6.05. The standard InChI is InChI=1S/C28H31N5O4/c1-20-5-4-6-22(17-20)23-9-11-33(31-23)27-19-26(32-12-15-36-16-13-32)29-28(30-27)37-14-10-21-7-8-24(34-2)25(18-21)35-3/h4-9,11,17-19H,10,12-16H2,1-3H3. The smallest absolute Gasteiger partial charge is 0.320 e. The number of aryl methyl sites for hydroxylation is 1. The van der Waals surface area contributed by atoms with Crippen molar-refractivity contribution in [2.24, 2.45) is 0 Å². The number of anilines is 1. The zero-order valence-electron chi connectivity index (χ0n) is 21.4. The van der Waals surface area contributed by atoms with E-state index in [2.05, 4.69) is 35.0 Å². The predicted octanol–water partition coefficient (Wildman–Crippen LogP) is 4.11. The van der Waals surface area contributed by atoms with Crippen LogP contribution in [0.4, 0.5) is 5.82 Å². The third-order valence-electron chi connectivity index (χ3n) is 6.22. The number of ether oxygens (including phenoxy) is 4. The second-order valence-electron chi connectivity index (χ2n) is 8.77. The highest BCUT2D eigenvalue weighted by Crippen LogP contribution is 2.28. The fourth-order valence-electron chi connectivity index (χ4n) is 4.24. The van der Waals surface area contributed by atoms with Gasteiger partial charge in [0.05, 0.1) is 39.7 Å². The number of benzene rings is 2. The predicted molar refractivity (Wildman–Crippen MR) is 141 cm³/mol. The first-order valence-electron chi connectivity index (χ1n) is 12.3. The van der Waals surface area contributed by atoms with Gasteiger partial charge in [0.15, 0.2) is 17.3 Å². The maximum absolute atomic E-state index is 6.05. The Bertz CT molecular complexity index is 1350. The summed E-state index contributed by atoms with van der Waals surface area (Å²) in [6.07, 6.45) is 2.58. The van der Waals surface area contributed by atoms with Gasteiger partial charge in [-0.05, 0) is 36.8 Å². The lowest BCUT2D eigenvalue weighted by molar-refractivity contribution is 0.122. The van der Waals surface area contributed by atoms with Crippen molar-refractivity contribution in [3.63, 3.8) is 0 Å². The van der Waals surface area contributed by atoms with Crippen LogP contribution in [0.25, 0.3) is 17.1 Å². The summed E-state index contributed by atoms with van der Waals surface area (Å²) in [4.78, 5) is 11.6. The number of hydrogen-bond acceptors (Lipinski definition) is 8. The summed E-state index contributed by atoms with van der Waals surface area (Å²) >= 11 is 0. The molecule has 5 rings (SSSR count). The second kappa shape index (κ2) is 11.3. The van der Waals surface area contributed by atoms with E-state index in [0.29, 0.717) is 49.6 Å². The van der Waals surface area contributed by atoms with Crippen molar-refractivity contribution in [1.82, 2.24) is 19.7 Å². The number of nitrogens with zero attached hydrogens (tertiary/aromatic N) is 5. The molecule has 0 N–H and O–H groups in total. The van der Waals surface area contributed by atoms with Gasteiger partial charge in [-0.3, -0.25) is 0 Å². The number of morpholine rings is 1. The fraction of sp³-hybridized carbons (Fsp3) is 0.321. The molecule has 0 aliphatic carbocycles. The van der Waals surface area contributed by atoms with Gasteiger partial charge in [0, 0.05) is 37.3 Å². The maximum Gasteiger partial charge on any atom is 0.320 e. The lowest BCUT2D eigenvalue weighted by Gasteiger charge is -2.28. The molecule has 2 aromatic heterocycles. The molecule has 192 valence electrons. The van der Waals surface area contributed by atoms with Crippen molar-refractivity contribution in [3.8, 4) is 34.6 Å². The van der Waals surface area contributed by atoms with Gasteiger partial charge in [-0.15, -0.1) is 0 Å². The van der Waals surface area contributed by atoms with Crippen LogP contribution in [-0.2, 0) is 11.2 Å². The normalized spacial score (nSPS) is 13.4. The number of methoxy groups -OCH3 is 2. The van der Waals surface area contributed by atoms with Crippen molar-refractivity contribution in [3.05, 3.63) is 71.9 Å². The summed E-state index contributed by atoms with van der Waals surface area (Å²) in [7, 11) is 3.25. The van der Waals surface area contributed by atoms with Gasteiger partial charge in [0.2, 0.25) is 0 Å². The topological polar surface area (TPSA) is 83.8 Å². The van der Waals surface area contributed by atoms with Crippen molar-refractivity contribution in [1.29, 1.82) is 0 Å². The molecule has 0 saturated carbocycles. The Balaban J connectivity index is 1.38. The van der Waals surface area contributed by atoms with Gasteiger partial charge >= 0.3 is 6.01 Å². The summed E-state index contributed by atoms with van der Waals surface area (Å²) in [6.45, 7) is 5.33. The molecule has 0 amide bonds. The van der Waals surface area contributed by atoms with Crippen LogP contribution in [-0.4, -0.2) is 66.9 Å². The van der Waals surface area contributed by atoms with Crippen molar-refractivity contribution >= 4 is 5.82 Å². The quantitative estimate of drug-likeness (QED) is 0.339. The van der Waals surface area contributed by atoms with E-state index in [1.807, 2.05) is 42.6 Å². The van der Waals surface area contributed by atoms with Gasteiger partial charge in [0.25, 0.3) is 0 Å². The molecule has 1 aliphatic heterocycles. The minimum absolute atomic E-state index is 0.312. The van der Waals surface area contributed by atoms with Crippen LogP contribution in [0.3, 0.4) is 0 Å². The van der Waals surface area contributed by atoms with E-state index in [1.165, 1.54) is 5.56 Å². The highest BCUT2D eigenvalue weighted by molar-refractivity contribution is 5.60. The van der Waals surface area contributed by atoms with Crippen molar-refractivity contribution < 1.29 is 18.9 Å². The van der Waals surface area contributed by atoms with E-state index in [9.17, 15) is 0 Å². The Morgan fingerprint density at radius 3 is 2.49 bits per heavy atom. The molecule has 1 aliphatic rings. The highest BCUT2D eigenvalue weighted by atomic mass is 16.5. The van der Waals surface area contributed by atoms with E-state index in [0.717, 1.165) is 35.7 Å². The van der Waals surface area contributed by atoms with E-state index < -0.39 is 0 Å². The second-order valence-corrected chi connectivity index (χ2v) is 8.77. The lowest BCUT2D eigenvalue weighted by Crippen LogP contribution is -2.37. The lowest BCUT2D eigenvalue weighted by atomic mass is 10.1. The molecule has 9 heteroatoms. The first-order chi connectivity index (χ1) is 18.1. The Morgan fingerprint density at radius 2 is 1.70 bits per heavy atom. The highest BCUT2D eigenvalue weighted by Gasteiger charge is 2.17. The average Bonchev–Trinajstić information content (AvgIpc) is 3.44. The van der Waals surface area contributed by atoms with Crippen LogP contribution in [0.1, 0.15) is 11.1 Å². The monoisotopic (exact) mass is 501 g/mol. The minimum Gasteiger partial charge on any atom is -0.493 e. The van der Waals surface area contributed by atoms with E-state index in [1.54, 1.807) is 18.9 Å². The van der Waals surface area contributed by atoms with Crippen LogP contribution in [0, 0.1) is 6.92 Å². The largest absolute Gasteiger partial charge is 0.493 e.